The van der Waals surface area contributed by atoms with Gasteiger partial charge in [-0.15, -0.1) is 0 Å². The highest BCUT2D eigenvalue weighted by atomic mass is 15.0. The molecule has 2 nitrogen and oxygen atoms in total. The van der Waals surface area contributed by atoms with Gasteiger partial charge in [0.15, 0.2) is 0 Å². The fourth-order valence-corrected chi connectivity index (χ4v) is 3.25. The Morgan fingerprint density at radius 2 is 1.52 bits per heavy atom. The van der Waals surface area contributed by atoms with E-state index in [-0.39, 0.29) is 0 Å². The van der Waals surface area contributed by atoms with E-state index in [0.29, 0.717) is 5.41 Å². The predicted molar refractivity (Wildman–Crippen MR) is 92.5 cm³/mol. The number of hydrogen-bond acceptors (Lipinski definition) is 1. The van der Waals surface area contributed by atoms with E-state index < -0.39 is 0 Å². The first-order valence-electron chi connectivity index (χ1n) is 9.06. The Bertz CT molecular complexity index is 355. The van der Waals surface area contributed by atoms with Crippen LogP contribution >= 0.6 is 0 Å². The Labute approximate surface area is 132 Å². The first-order chi connectivity index (χ1) is 10.1. The average molecular weight is 293 g/mol. The number of aromatic nitrogens is 2. The standard InChI is InChI=1S/C19H36N2/c1-5-7-9-11-13-19(3,14-12-10-8-6-2)15-18-16-21(4)17-20-18/h16-17H,5-15H2,1-4H3. The van der Waals surface area contributed by atoms with Crippen LogP contribution < -0.4 is 0 Å². The van der Waals surface area contributed by atoms with Crippen LogP contribution in [0.4, 0.5) is 0 Å². The largest absolute Gasteiger partial charge is 0.340 e. The van der Waals surface area contributed by atoms with Gasteiger partial charge >= 0.3 is 0 Å². The lowest BCUT2D eigenvalue weighted by atomic mass is 9.76. The highest BCUT2D eigenvalue weighted by Gasteiger charge is 2.24. The second kappa shape index (κ2) is 10.0. The Kier molecular flexibility index (Phi) is 8.72. The summed E-state index contributed by atoms with van der Waals surface area (Å²) in [4.78, 5) is 4.55. The van der Waals surface area contributed by atoms with Gasteiger partial charge in [0, 0.05) is 13.2 Å². The number of hydrogen-bond donors (Lipinski definition) is 0. The maximum atomic E-state index is 4.55. The maximum Gasteiger partial charge on any atom is 0.0946 e. The summed E-state index contributed by atoms with van der Waals surface area (Å²) in [6.07, 6.45) is 19.0. The van der Waals surface area contributed by atoms with Crippen molar-refractivity contribution in [2.24, 2.45) is 12.5 Å². The van der Waals surface area contributed by atoms with E-state index in [0.717, 1.165) is 6.42 Å². The fraction of sp³-hybridized carbons (Fsp3) is 0.842. The van der Waals surface area contributed by atoms with Crippen LogP contribution in [0.25, 0.3) is 0 Å². The highest BCUT2D eigenvalue weighted by molar-refractivity contribution is 5.00. The molecule has 1 heterocycles. The average Bonchev–Trinajstić information content (AvgIpc) is 2.85. The van der Waals surface area contributed by atoms with Crippen molar-refractivity contribution in [2.45, 2.75) is 91.4 Å². The third-order valence-electron chi connectivity index (χ3n) is 4.63. The minimum atomic E-state index is 0.440. The van der Waals surface area contributed by atoms with Gasteiger partial charge in [-0.25, -0.2) is 4.98 Å². The molecule has 0 saturated carbocycles. The van der Waals surface area contributed by atoms with Crippen molar-refractivity contribution in [3.05, 3.63) is 18.2 Å². The van der Waals surface area contributed by atoms with E-state index in [9.17, 15) is 0 Å². The number of imidazole rings is 1. The third kappa shape index (κ3) is 7.68. The van der Waals surface area contributed by atoms with Crippen molar-refractivity contribution < 1.29 is 0 Å². The smallest absolute Gasteiger partial charge is 0.0946 e. The summed E-state index contributed by atoms with van der Waals surface area (Å²) in [5, 5.41) is 0. The molecule has 0 aliphatic heterocycles. The molecule has 0 aliphatic rings. The van der Waals surface area contributed by atoms with Crippen LogP contribution in [0.5, 0.6) is 0 Å². The molecule has 1 aromatic heterocycles. The molecule has 0 bridgehead atoms. The second-order valence-electron chi connectivity index (χ2n) is 7.14. The van der Waals surface area contributed by atoms with Gasteiger partial charge < -0.3 is 4.57 Å². The summed E-state index contributed by atoms with van der Waals surface area (Å²) >= 11 is 0. The molecule has 2 heteroatoms. The molecule has 0 spiro atoms. The van der Waals surface area contributed by atoms with E-state index >= 15 is 0 Å². The van der Waals surface area contributed by atoms with Crippen LogP contribution in [-0.4, -0.2) is 9.55 Å². The van der Waals surface area contributed by atoms with E-state index in [1.54, 1.807) is 0 Å². The van der Waals surface area contributed by atoms with Gasteiger partial charge in [0.2, 0.25) is 0 Å². The monoisotopic (exact) mass is 292 g/mol. The summed E-state index contributed by atoms with van der Waals surface area (Å²) in [7, 11) is 2.07. The normalized spacial score (nSPS) is 12.0. The fourth-order valence-electron chi connectivity index (χ4n) is 3.25. The Balaban J connectivity index is 2.50. The molecular weight excluding hydrogens is 256 g/mol. The Morgan fingerprint density at radius 3 is 1.95 bits per heavy atom. The topological polar surface area (TPSA) is 17.8 Å². The quantitative estimate of drug-likeness (QED) is 0.438. The highest BCUT2D eigenvalue weighted by Crippen LogP contribution is 2.34. The first-order valence-corrected chi connectivity index (χ1v) is 9.06. The molecule has 0 fully saturated rings. The van der Waals surface area contributed by atoms with Gasteiger partial charge in [-0.1, -0.05) is 72.1 Å². The van der Waals surface area contributed by atoms with Crippen molar-refractivity contribution >= 4 is 0 Å². The molecule has 0 aliphatic carbocycles. The SMILES string of the molecule is CCCCCCC(C)(CCCCCC)Cc1cn(C)cn1. The van der Waals surface area contributed by atoms with E-state index in [2.05, 4.69) is 43.6 Å². The zero-order chi connectivity index (χ0) is 15.6. The van der Waals surface area contributed by atoms with Gasteiger partial charge in [-0.2, -0.15) is 0 Å². The molecule has 0 unspecified atom stereocenters. The number of unbranched alkanes of at least 4 members (excludes halogenated alkanes) is 6. The summed E-state index contributed by atoms with van der Waals surface area (Å²) < 4.78 is 2.07. The number of aryl methyl sites for hydroxylation is 1. The summed E-state index contributed by atoms with van der Waals surface area (Å²) in [5.74, 6) is 0. The number of rotatable bonds is 12. The zero-order valence-electron chi connectivity index (χ0n) is 14.8. The lowest BCUT2D eigenvalue weighted by Gasteiger charge is -2.29. The summed E-state index contributed by atoms with van der Waals surface area (Å²) in [6.45, 7) is 7.06. The van der Waals surface area contributed by atoms with E-state index in [1.165, 1.54) is 69.9 Å². The van der Waals surface area contributed by atoms with E-state index in [1.807, 2.05) is 6.33 Å². The van der Waals surface area contributed by atoms with Crippen molar-refractivity contribution in [1.82, 2.24) is 9.55 Å². The molecule has 0 N–H and O–H groups in total. The molecule has 0 atom stereocenters. The molecule has 0 radical (unpaired) electrons. The molecule has 0 aromatic carbocycles. The zero-order valence-corrected chi connectivity index (χ0v) is 14.8. The molecule has 0 saturated heterocycles. The van der Waals surface area contributed by atoms with Crippen LogP contribution in [0.1, 0.15) is 90.7 Å². The Morgan fingerprint density at radius 1 is 0.952 bits per heavy atom. The van der Waals surface area contributed by atoms with Gasteiger partial charge in [-0.05, 0) is 24.7 Å². The lowest BCUT2D eigenvalue weighted by Crippen LogP contribution is -2.20. The minimum Gasteiger partial charge on any atom is -0.340 e. The molecular formula is C19H36N2. The van der Waals surface area contributed by atoms with Crippen molar-refractivity contribution in [2.75, 3.05) is 0 Å². The molecule has 1 aromatic rings. The minimum absolute atomic E-state index is 0.440. The summed E-state index contributed by atoms with van der Waals surface area (Å²) in [6, 6.07) is 0. The predicted octanol–water partition coefficient (Wildman–Crippen LogP) is 5.91. The van der Waals surface area contributed by atoms with Gasteiger partial charge in [-0.3, -0.25) is 0 Å². The van der Waals surface area contributed by atoms with Gasteiger partial charge in [0.1, 0.15) is 0 Å². The van der Waals surface area contributed by atoms with Gasteiger partial charge in [0.05, 0.1) is 12.0 Å². The van der Waals surface area contributed by atoms with Gasteiger partial charge in [0.25, 0.3) is 0 Å². The van der Waals surface area contributed by atoms with Crippen LogP contribution in [0.15, 0.2) is 12.5 Å². The first kappa shape index (κ1) is 18.3. The van der Waals surface area contributed by atoms with Crippen LogP contribution in [-0.2, 0) is 13.5 Å². The van der Waals surface area contributed by atoms with Crippen molar-refractivity contribution in [1.29, 1.82) is 0 Å². The van der Waals surface area contributed by atoms with Crippen LogP contribution in [0.3, 0.4) is 0 Å². The Hall–Kier alpha value is -0.790. The third-order valence-corrected chi connectivity index (χ3v) is 4.63. The lowest BCUT2D eigenvalue weighted by molar-refractivity contribution is 0.247. The van der Waals surface area contributed by atoms with Crippen LogP contribution in [0.2, 0.25) is 0 Å². The van der Waals surface area contributed by atoms with Crippen molar-refractivity contribution in [3.63, 3.8) is 0 Å². The maximum absolute atomic E-state index is 4.55. The van der Waals surface area contributed by atoms with Crippen LogP contribution in [0, 0.1) is 5.41 Å². The summed E-state index contributed by atoms with van der Waals surface area (Å²) in [5.41, 5.74) is 1.71. The molecule has 0 amide bonds. The molecule has 21 heavy (non-hydrogen) atoms. The molecule has 122 valence electrons. The van der Waals surface area contributed by atoms with E-state index in [4.69, 9.17) is 0 Å². The number of nitrogens with zero attached hydrogens (tertiary/aromatic N) is 2. The second-order valence-corrected chi connectivity index (χ2v) is 7.14. The molecule has 1 rings (SSSR count). The van der Waals surface area contributed by atoms with Crippen molar-refractivity contribution in [3.8, 4) is 0 Å².